The van der Waals surface area contributed by atoms with Crippen LogP contribution in [0.3, 0.4) is 0 Å². The van der Waals surface area contributed by atoms with E-state index in [0.29, 0.717) is 57.0 Å². The maximum absolute atomic E-state index is 11.9. The first-order valence-electron chi connectivity index (χ1n) is 12.6. The Bertz CT molecular complexity index is 981. The number of hydrogen-bond donors (Lipinski definition) is 4. The molecule has 0 radical (unpaired) electrons. The molecule has 228 valence electrons. The van der Waals surface area contributed by atoms with Crippen LogP contribution in [0.1, 0.15) is 67.2 Å². The van der Waals surface area contributed by atoms with Crippen molar-refractivity contribution in [3.05, 3.63) is 0 Å². The summed E-state index contributed by atoms with van der Waals surface area (Å²) < 4.78 is 10.5. The first-order valence-corrected chi connectivity index (χ1v) is 14.2. The molecule has 0 atom stereocenters. The average molecular weight is 644 g/mol. The molecule has 1 spiro atoms. The summed E-state index contributed by atoms with van der Waals surface area (Å²) in [4.78, 5) is 49.9. The highest BCUT2D eigenvalue weighted by molar-refractivity contribution is 7.86. The number of amides is 4. The summed E-state index contributed by atoms with van der Waals surface area (Å²) in [6.07, 6.45) is 1.13. The Hall–Kier alpha value is -2.00. The second-order valence-corrected chi connectivity index (χ2v) is 13.9. The zero-order valence-corrected chi connectivity index (χ0v) is 26.9. The van der Waals surface area contributed by atoms with Gasteiger partial charge in [0, 0.05) is 26.2 Å². The lowest BCUT2D eigenvalue weighted by molar-refractivity contribution is -0.126. The molecular formula is C24H40Cl2N6O6S2. The van der Waals surface area contributed by atoms with Crippen LogP contribution in [0.4, 0.5) is 9.59 Å². The summed E-state index contributed by atoms with van der Waals surface area (Å²) in [6, 6.07) is 0. The molecule has 4 amide bonds. The maximum Gasteiger partial charge on any atom is 0.410 e. The predicted molar refractivity (Wildman–Crippen MR) is 161 cm³/mol. The molecule has 0 saturated carbocycles. The highest BCUT2D eigenvalue weighted by Crippen LogP contribution is 2.26. The number of nitrogens with two attached hydrogens (primary N) is 2. The summed E-state index contributed by atoms with van der Waals surface area (Å²) >= 11 is 18.6. The second kappa shape index (κ2) is 14.3. The number of nitrogens with one attached hydrogen (secondary N) is 2. The van der Waals surface area contributed by atoms with Crippen molar-refractivity contribution in [1.82, 2.24) is 20.4 Å². The Morgan fingerprint density at radius 2 is 1.23 bits per heavy atom. The Morgan fingerprint density at radius 1 is 0.875 bits per heavy atom. The summed E-state index contributed by atoms with van der Waals surface area (Å²) in [6.45, 7) is 12.7. The number of hydrogen-bond acceptors (Lipinski definition) is 9. The number of thiocarbonyl (C=S) groups is 2. The van der Waals surface area contributed by atoms with Gasteiger partial charge in [0.1, 0.15) is 16.7 Å². The van der Waals surface area contributed by atoms with Gasteiger partial charge in [-0.15, -0.1) is 0 Å². The third-order valence-corrected chi connectivity index (χ3v) is 6.29. The largest absolute Gasteiger partial charge is 0.444 e. The van der Waals surface area contributed by atoms with Crippen molar-refractivity contribution < 1.29 is 28.7 Å². The molecule has 6 N–H and O–H groups in total. The monoisotopic (exact) mass is 642 g/mol. The number of piperidine rings is 2. The Labute approximate surface area is 256 Å². The highest BCUT2D eigenvalue weighted by atomic mass is 35.5. The molecule has 12 nitrogen and oxygen atoms in total. The van der Waals surface area contributed by atoms with Crippen LogP contribution < -0.4 is 22.1 Å². The molecule has 0 aromatic carbocycles. The van der Waals surface area contributed by atoms with Crippen LogP contribution >= 0.6 is 47.6 Å². The third-order valence-electron chi connectivity index (χ3n) is 6.08. The fourth-order valence-corrected chi connectivity index (χ4v) is 4.23. The molecule has 0 aliphatic carbocycles. The molecule has 40 heavy (non-hydrogen) atoms. The predicted octanol–water partition coefficient (Wildman–Crippen LogP) is 2.71. The van der Waals surface area contributed by atoms with E-state index in [4.69, 9.17) is 56.4 Å². The quantitative estimate of drug-likeness (QED) is 0.246. The molecule has 3 rings (SSSR count). The molecule has 0 unspecified atom stereocenters. The molecule has 0 aromatic heterocycles. The van der Waals surface area contributed by atoms with Crippen molar-refractivity contribution in [2.24, 2.45) is 11.5 Å². The van der Waals surface area contributed by atoms with Gasteiger partial charge in [-0.25, -0.2) is 9.59 Å². The van der Waals surface area contributed by atoms with E-state index in [-0.39, 0.29) is 21.9 Å². The van der Waals surface area contributed by atoms with E-state index in [0.717, 1.165) is 0 Å². The van der Waals surface area contributed by atoms with Crippen molar-refractivity contribution in [3.63, 3.8) is 0 Å². The van der Waals surface area contributed by atoms with Crippen LogP contribution in [0.5, 0.6) is 0 Å². The molecule has 3 saturated heterocycles. The lowest BCUT2D eigenvalue weighted by Gasteiger charge is -2.37. The van der Waals surface area contributed by atoms with E-state index in [1.54, 1.807) is 9.80 Å². The standard InChI is InChI=1S/C12H19N3O3S.C11H21N3O3.CCl2S/c1-11(2,3)18-10(17)15-6-4-12(5-7-15)8(16)13-9(19)14-12;1-10(2,3)17-9(16)14-6-4-11(13,5-7-14)8(12)15;2-1(3)4/h4-7H2,1-3H3,(H2,13,14,16,19);4-7,13H2,1-3H3,(H2,12,15);. The SMILES string of the molecule is CC(C)(C)OC(=O)N1CCC(N)(C(N)=O)CC1.CC(C)(C)OC(=O)N1CCC2(CC1)NC(=S)NC2=O.S=C(Cl)Cl. The normalized spacial score (nSPS) is 19.6. The zero-order valence-electron chi connectivity index (χ0n) is 23.7. The number of ether oxygens (including phenoxy) is 2. The van der Waals surface area contributed by atoms with Gasteiger partial charge in [0.15, 0.2) is 8.90 Å². The van der Waals surface area contributed by atoms with Crippen LogP contribution in [0, 0.1) is 0 Å². The maximum atomic E-state index is 11.9. The highest BCUT2D eigenvalue weighted by Gasteiger charge is 2.47. The minimum absolute atomic E-state index is 0.0556. The number of rotatable bonds is 1. The smallest absolute Gasteiger partial charge is 0.410 e. The fraction of sp³-hybridized carbons (Fsp3) is 0.750. The van der Waals surface area contributed by atoms with Gasteiger partial charge in [0.05, 0.1) is 5.54 Å². The van der Waals surface area contributed by atoms with Gasteiger partial charge in [0.25, 0.3) is 5.91 Å². The molecule has 0 bridgehead atoms. The third kappa shape index (κ3) is 11.9. The van der Waals surface area contributed by atoms with E-state index < -0.39 is 28.2 Å². The number of halogens is 2. The molecule has 3 heterocycles. The van der Waals surface area contributed by atoms with Crippen LogP contribution in [-0.4, -0.2) is 91.2 Å². The lowest BCUT2D eigenvalue weighted by Crippen LogP contribution is -2.59. The van der Waals surface area contributed by atoms with Gasteiger partial charge in [-0.05, 0) is 79.4 Å². The summed E-state index contributed by atoms with van der Waals surface area (Å²) in [5, 5.41) is 6.00. The van der Waals surface area contributed by atoms with E-state index >= 15 is 0 Å². The molecule has 0 aromatic rings. The van der Waals surface area contributed by atoms with E-state index in [1.165, 1.54) is 0 Å². The van der Waals surface area contributed by atoms with Gasteiger partial charge in [-0.1, -0.05) is 35.4 Å². The zero-order chi connectivity index (χ0) is 31.1. The molecule has 3 aliphatic rings. The van der Waals surface area contributed by atoms with Crippen LogP contribution in [-0.2, 0) is 19.1 Å². The summed E-state index contributed by atoms with van der Waals surface area (Å²) in [7, 11) is 0. The molecular weight excluding hydrogens is 603 g/mol. The number of carbonyl (C=O) groups is 4. The van der Waals surface area contributed by atoms with Gasteiger partial charge in [-0.3, -0.25) is 9.59 Å². The van der Waals surface area contributed by atoms with Crippen LogP contribution in [0.15, 0.2) is 0 Å². The Balaban J connectivity index is 0.000000355. The van der Waals surface area contributed by atoms with E-state index in [2.05, 4.69) is 22.9 Å². The Kier molecular flexibility index (Phi) is 12.8. The molecule has 16 heteroatoms. The van der Waals surface area contributed by atoms with Gasteiger partial charge in [0.2, 0.25) is 5.91 Å². The van der Waals surface area contributed by atoms with Gasteiger partial charge >= 0.3 is 12.2 Å². The molecule has 3 fully saturated rings. The van der Waals surface area contributed by atoms with Crippen molar-refractivity contribution in [1.29, 1.82) is 0 Å². The Morgan fingerprint density at radius 3 is 1.50 bits per heavy atom. The van der Waals surface area contributed by atoms with Crippen LogP contribution in [0.25, 0.3) is 0 Å². The van der Waals surface area contributed by atoms with Crippen molar-refractivity contribution in [2.75, 3.05) is 26.2 Å². The lowest BCUT2D eigenvalue weighted by atomic mass is 9.88. The van der Waals surface area contributed by atoms with Gasteiger partial charge < -0.3 is 41.4 Å². The first-order chi connectivity index (χ1) is 18.1. The summed E-state index contributed by atoms with van der Waals surface area (Å²) in [5.74, 6) is -0.609. The van der Waals surface area contributed by atoms with E-state index in [1.807, 2.05) is 41.5 Å². The number of primary amides is 1. The summed E-state index contributed by atoms with van der Waals surface area (Å²) in [5.41, 5.74) is 8.41. The average Bonchev–Trinajstić information content (AvgIpc) is 3.04. The minimum Gasteiger partial charge on any atom is -0.444 e. The second-order valence-electron chi connectivity index (χ2n) is 11.7. The van der Waals surface area contributed by atoms with Crippen molar-refractivity contribution >= 4 is 80.5 Å². The topological polar surface area (TPSA) is 169 Å². The van der Waals surface area contributed by atoms with Gasteiger partial charge in [-0.2, -0.15) is 0 Å². The first kappa shape index (κ1) is 36.0. The molecule has 3 aliphatic heterocycles. The van der Waals surface area contributed by atoms with Crippen molar-refractivity contribution in [3.8, 4) is 0 Å². The fourth-order valence-electron chi connectivity index (χ4n) is 3.94. The number of likely N-dealkylation sites (tertiary alicyclic amines) is 2. The van der Waals surface area contributed by atoms with Crippen LogP contribution in [0.2, 0.25) is 0 Å². The number of nitrogens with zero attached hydrogens (tertiary/aromatic N) is 2. The minimum atomic E-state index is -0.988. The number of carbonyl (C=O) groups excluding carboxylic acids is 4. The van der Waals surface area contributed by atoms with E-state index in [9.17, 15) is 19.2 Å². The van der Waals surface area contributed by atoms with Crippen molar-refractivity contribution in [2.45, 2.75) is 89.5 Å².